The first-order chi connectivity index (χ1) is 15.9. The van der Waals surface area contributed by atoms with Gasteiger partial charge in [-0.05, 0) is 62.2 Å². The van der Waals surface area contributed by atoms with Crippen molar-refractivity contribution in [3.63, 3.8) is 0 Å². The summed E-state index contributed by atoms with van der Waals surface area (Å²) < 4.78 is 0. The Morgan fingerprint density at radius 3 is 2.30 bits per heavy atom. The molecular formula is C25H38N6OS. The van der Waals surface area contributed by atoms with Crippen LogP contribution >= 0.6 is 12.2 Å². The number of rotatable bonds is 5. The van der Waals surface area contributed by atoms with Crippen LogP contribution < -0.4 is 10.2 Å². The molecule has 8 heteroatoms. The molecule has 1 saturated heterocycles. The third-order valence-electron chi connectivity index (χ3n) is 8.33. The summed E-state index contributed by atoms with van der Waals surface area (Å²) in [5, 5.41) is 3.79. The van der Waals surface area contributed by atoms with E-state index in [2.05, 4.69) is 17.1 Å². The van der Waals surface area contributed by atoms with Gasteiger partial charge in [0.15, 0.2) is 0 Å². The van der Waals surface area contributed by atoms with Gasteiger partial charge in [0.25, 0.3) is 0 Å². The number of hydrogen-bond acceptors (Lipinski definition) is 5. The molecule has 5 fully saturated rings. The van der Waals surface area contributed by atoms with Gasteiger partial charge >= 0.3 is 6.03 Å². The molecule has 1 N–H and O–H groups in total. The third kappa shape index (κ3) is 4.55. The van der Waals surface area contributed by atoms with E-state index < -0.39 is 0 Å². The molecule has 33 heavy (non-hydrogen) atoms. The van der Waals surface area contributed by atoms with E-state index in [1.807, 2.05) is 11.1 Å². The molecule has 180 valence electrons. The Morgan fingerprint density at radius 2 is 1.73 bits per heavy atom. The minimum Gasteiger partial charge on any atom is -0.372 e. The molecule has 0 radical (unpaired) electrons. The van der Waals surface area contributed by atoms with Crippen molar-refractivity contribution in [1.29, 1.82) is 0 Å². The van der Waals surface area contributed by atoms with Crippen molar-refractivity contribution < 1.29 is 4.79 Å². The van der Waals surface area contributed by atoms with Crippen molar-refractivity contribution in [2.45, 2.75) is 57.9 Å². The lowest BCUT2D eigenvalue weighted by atomic mass is 9.54. The molecule has 1 aromatic heterocycles. The highest BCUT2D eigenvalue weighted by atomic mass is 32.1. The number of aromatic nitrogens is 2. The van der Waals surface area contributed by atoms with Crippen molar-refractivity contribution in [2.24, 2.45) is 23.7 Å². The Labute approximate surface area is 203 Å². The van der Waals surface area contributed by atoms with Crippen LogP contribution in [0.15, 0.2) is 6.20 Å². The highest BCUT2D eigenvalue weighted by Crippen LogP contribution is 2.53. The summed E-state index contributed by atoms with van der Waals surface area (Å²) in [5.74, 6) is 4.26. The minimum absolute atomic E-state index is 0.0683. The molecule has 1 aliphatic heterocycles. The van der Waals surface area contributed by atoms with Crippen LogP contribution in [0.2, 0.25) is 0 Å². The average Bonchev–Trinajstić information content (AvgIpc) is 2.80. The molecule has 2 heterocycles. The smallest absolute Gasteiger partial charge is 0.319 e. The lowest BCUT2D eigenvalue weighted by Gasteiger charge is -2.54. The molecule has 4 saturated carbocycles. The molecular weight excluding hydrogens is 432 g/mol. The zero-order valence-corrected chi connectivity index (χ0v) is 21.1. The number of thiocarbonyl (C=S) groups is 1. The van der Waals surface area contributed by atoms with E-state index in [9.17, 15) is 4.79 Å². The van der Waals surface area contributed by atoms with Crippen molar-refractivity contribution >= 4 is 29.2 Å². The lowest BCUT2D eigenvalue weighted by molar-refractivity contribution is -0.00660. The largest absolute Gasteiger partial charge is 0.372 e. The number of anilines is 1. The van der Waals surface area contributed by atoms with E-state index in [4.69, 9.17) is 22.2 Å². The Bertz CT molecular complexity index is 869. The zero-order chi connectivity index (χ0) is 23.1. The Morgan fingerprint density at radius 1 is 1.09 bits per heavy atom. The Balaban J connectivity index is 1.27. The van der Waals surface area contributed by atoms with Gasteiger partial charge in [-0.1, -0.05) is 25.6 Å². The molecule has 2 amide bonds. The van der Waals surface area contributed by atoms with E-state index in [0.29, 0.717) is 19.1 Å². The highest BCUT2D eigenvalue weighted by Gasteiger charge is 2.48. The van der Waals surface area contributed by atoms with Crippen LogP contribution in [0.5, 0.6) is 0 Å². The first kappa shape index (κ1) is 22.8. The topological polar surface area (TPSA) is 64.6 Å². The van der Waals surface area contributed by atoms with Crippen LogP contribution in [0.4, 0.5) is 10.7 Å². The zero-order valence-electron chi connectivity index (χ0n) is 20.3. The van der Waals surface area contributed by atoms with Gasteiger partial charge in [0.2, 0.25) is 5.95 Å². The third-order valence-corrected chi connectivity index (χ3v) is 8.66. The predicted octanol–water partition coefficient (Wildman–Crippen LogP) is 3.32. The summed E-state index contributed by atoms with van der Waals surface area (Å²) in [7, 11) is 3.60. The maximum atomic E-state index is 12.2. The summed E-state index contributed by atoms with van der Waals surface area (Å²) in [6.07, 6.45) is 10.9. The van der Waals surface area contributed by atoms with Gasteiger partial charge in [-0.25, -0.2) is 14.8 Å². The number of urea groups is 1. The maximum absolute atomic E-state index is 12.2. The van der Waals surface area contributed by atoms with Crippen LogP contribution in [0, 0.1) is 23.7 Å². The van der Waals surface area contributed by atoms with Gasteiger partial charge in [-0.2, -0.15) is 0 Å². The number of amides is 2. The van der Waals surface area contributed by atoms with Gasteiger partial charge < -0.3 is 20.0 Å². The summed E-state index contributed by atoms with van der Waals surface area (Å²) in [6, 6.07) is 0.598. The molecule has 5 aliphatic rings. The molecule has 0 aromatic carbocycles. The van der Waals surface area contributed by atoms with Crippen LogP contribution in [-0.4, -0.2) is 77.1 Å². The summed E-state index contributed by atoms with van der Waals surface area (Å²) in [4.78, 5) is 28.5. The fraction of sp³-hybridized carbons (Fsp3) is 0.760. The molecule has 7 nitrogen and oxygen atoms in total. The number of hydrogen-bond donors (Lipinski definition) is 1. The van der Waals surface area contributed by atoms with E-state index in [1.54, 1.807) is 19.0 Å². The number of piperazine rings is 1. The molecule has 6 rings (SSSR count). The molecule has 0 atom stereocenters. The van der Waals surface area contributed by atoms with E-state index in [1.165, 1.54) is 32.1 Å². The minimum atomic E-state index is 0.0683. The second kappa shape index (κ2) is 9.35. The fourth-order valence-corrected chi connectivity index (χ4v) is 7.25. The number of aryl methyl sites for hydroxylation is 1. The van der Waals surface area contributed by atoms with Crippen molar-refractivity contribution in [2.75, 3.05) is 45.2 Å². The number of carbonyl (C=O) groups excluding carboxylic acids is 1. The maximum Gasteiger partial charge on any atom is 0.319 e. The van der Waals surface area contributed by atoms with Crippen LogP contribution in [0.3, 0.4) is 0 Å². The normalized spacial score (nSPS) is 30.5. The standard InChI is InChI=1S/C25H38N6OS/c1-4-5-21-20(23(33)28-22-18-11-16-10-17(13-18)14-19(22)12-16)15-26-24(27-21)30-6-8-31(9-7-30)25(32)29(2)3/h15-19,22H,4-14H2,1-3H3,(H,28,33). The van der Waals surface area contributed by atoms with Gasteiger partial charge in [0.1, 0.15) is 4.99 Å². The quantitative estimate of drug-likeness (QED) is 0.666. The summed E-state index contributed by atoms with van der Waals surface area (Å²) >= 11 is 5.94. The number of nitrogens with one attached hydrogen (secondary N) is 1. The van der Waals surface area contributed by atoms with Crippen molar-refractivity contribution in [1.82, 2.24) is 25.1 Å². The van der Waals surface area contributed by atoms with Crippen molar-refractivity contribution in [3.8, 4) is 0 Å². The summed E-state index contributed by atoms with van der Waals surface area (Å²) in [5.41, 5.74) is 2.06. The predicted molar refractivity (Wildman–Crippen MR) is 135 cm³/mol. The first-order valence-electron chi connectivity index (χ1n) is 12.8. The lowest BCUT2D eigenvalue weighted by Crippen LogP contribution is -2.55. The monoisotopic (exact) mass is 470 g/mol. The highest BCUT2D eigenvalue weighted by molar-refractivity contribution is 7.80. The van der Waals surface area contributed by atoms with E-state index in [0.717, 1.165) is 71.8 Å². The molecule has 4 aliphatic carbocycles. The van der Waals surface area contributed by atoms with Gasteiger partial charge in [0.05, 0.1) is 5.69 Å². The van der Waals surface area contributed by atoms with E-state index in [-0.39, 0.29) is 6.03 Å². The van der Waals surface area contributed by atoms with Gasteiger partial charge in [-0.3, -0.25) is 0 Å². The van der Waals surface area contributed by atoms with E-state index >= 15 is 0 Å². The second-order valence-corrected chi connectivity index (χ2v) is 11.3. The average molecular weight is 471 g/mol. The van der Waals surface area contributed by atoms with Crippen molar-refractivity contribution in [3.05, 3.63) is 17.5 Å². The van der Waals surface area contributed by atoms with Crippen LogP contribution in [0.25, 0.3) is 0 Å². The SMILES string of the molecule is CCCc1nc(N2CCN(C(=O)N(C)C)CC2)ncc1C(=S)NC1C2CC3CC(C2)CC1C3. The van der Waals surface area contributed by atoms with Gasteiger partial charge in [0, 0.05) is 58.1 Å². The Hall–Kier alpha value is -1.96. The molecule has 4 bridgehead atoms. The molecule has 0 spiro atoms. The van der Waals surface area contributed by atoms with Crippen LogP contribution in [-0.2, 0) is 6.42 Å². The number of nitrogens with zero attached hydrogens (tertiary/aromatic N) is 5. The summed E-state index contributed by atoms with van der Waals surface area (Å²) in [6.45, 7) is 5.07. The fourth-order valence-electron chi connectivity index (χ4n) is 6.95. The van der Waals surface area contributed by atoms with Crippen LogP contribution in [0.1, 0.15) is 56.7 Å². The first-order valence-corrected chi connectivity index (χ1v) is 13.2. The molecule has 0 unspecified atom stereocenters. The second-order valence-electron chi connectivity index (χ2n) is 10.9. The van der Waals surface area contributed by atoms with Gasteiger partial charge in [-0.15, -0.1) is 0 Å². The number of carbonyl (C=O) groups is 1. The molecule has 1 aromatic rings. The Kier molecular flexibility index (Phi) is 6.47.